The Labute approximate surface area is 157 Å². The van der Waals surface area contributed by atoms with Gasteiger partial charge in [0, 0.05) is 18.8 Å². The molecule has 7 heteroatoms. The van der Waals surface area contributed by atoms with Gasteiger partial charge in [-0.1, -0.05) is 19.0 Å². The van der Waals surface area contributed by atoms with Crippen LogP contribution in [0.4, 0.5) is 11.5 Å². The summed E-state index contributed by atoms with van der Waals surface area (Å²) in [5, 5.41) is 7.55. The van der Waals surface area contributed by atoms with E-state index in [1.165, 1.54) is 12.8 Å². The SMILES string of the molecule is Cc1noc2nc(C(C)C)cc(C(=O)Nc3ccc(N4CCCC4)nc3)c12. The molecule has 0 atom stereocenters. The van der Waals surface area contributed by atoms with Crippen LogP contribution < -0.4 is 10.2 Å². The molecule has 3 aromatic rings. The van der Waals surface area contributed by atoms with Gasteiger partial charge in [-0.25, -0.2) is 9.97 Å². The number of pyridine rings is 2. The number of aryl methyl sites for hydroxylation is 1. The van der Waals surface area contributed by atoms with Crippen molar-refractivity contribution in [3.8, 4) is 0 Å². The summed E-state index contributed by atoms with van der Waals surface area (Å²) >= 11 is 0. The second-order valence-corrected chi connectivity index (χ2v) is 7.25. The van der Waals surface area contributed by atoms with E-state index in [4.69, 9.17) is 4.52 Å². The Balaban J connectivity index is 1.61. The molecule has 1 aliphatic heterocycles. The van der Waals surface area contributed by atoms with E-state index < -0.39 is 0 Å². The molecule has 27 heavy (non-hydrogen) atoms. The van der Waals surface area contributed by atoms with Crippen LogP contribution >= 0.6 is 0 Å². The number of nitrogens with one attached hydrogen (secondary N) is 1. The van der Waals surface area contributed by atoms with Gasteiger partial charge >= 0.3 is 0 Å². The quantitative estimate of drug-likeness (QED) is 0.755. The largest absolute Gasteiger partial charge is 0.357 e. The maximum atomic E-state index is 12.9. The monoisotopic (exact) mass is 365 g/mol. The molecule has 140 valence electrons. The van der Waals surface area contributed by atoms with Gasteiger partial charge in [0.15, 0.2) is 0 Å². The highest BCUT2D eigenvalue weighted by Gasteiger charge is 2.20. The fourth-order valence-corrected chi connectivity index (χ4v) is 3.38. The maximum absolute atomic E-state index is 12.9. The highest BCUT2D eigenvalue weighted by molar-refractivity contribution is 6.12. The number of amides is 1. The van der Waals surface area contributed by atoms with Crippen LogP contribution in [0.1, 0.15) is 54.4 Å². The number of fused-ring (bicyclic) bond motifs is 1. The van der Waals surface area contributed by atoms with E-state index in [9.17, 15) is 4.79 Å². The third-order valence-electron chi connectivity index (χ3n) is 4.91. The topological polar surface area (TPSA) is 84.1 Å². The molecule has 0 unspecified atom stereocenters. The Morgan fingerprint density at radius 1 is 1.26 bits per heavy atom. The molecule has 0 aromatic carbocycles. The number of hydrogen-bond acceptors (Lipinski definition) is 6. The van der Waals surface area contributed by atoms with Crippen molar-refractivity contribution in [1.29, 1.82) is 0 Å². The summed E-state index contributed by atoms with van der Waals surface area (Å²) in [6.45, 7) is 7.95. The average molecular weight is 365 g/mol. The maximum Gasteiger partial charge on any atom is 0.259 e. The van der Waals surface area contributed by atoms with Gasteiger partial charge in [-0.15, -0.1) is 0 Å². The van der Waals surface area contributed by atoms with Crippen molar-refractivity contribution >= 4 is 28.5 Å². The van der Waals surface area contributed by atoms with Crippen LogP contribution in [0, 0.1) is 6.92 Å². The smallest absolute Gasteiger partial charge is 0.259 e. The Morgan fingerprint density at radius 3 is 2.70 bits per heavy atom. The van der Waals surface area contributed by atoms with E-state index in [0.29, 0.717) is 28.0 Å². The van der Waals surface area contributed by atoms with Crippen molar-refractivity contribution in [1.82, 2.24) is 15.1 Å². The minimum absolute atomic E-state index is 0.174. The Kier molecular flexibility index (Phi) is 4.51. The first kappa shape index (κ1) is 17.5. The van der Waals surface area contributed by atoms with Crippen LogP contribution in [0.3, 0.4) is 0 Å². The fourth-order valence-electron chi connectivity index (χ4n) is 3.38. The van der Waals surface area contributed by atoms with E-state index in [1.807, 2.05) is 39.0 Å². The number of carbonyl (C=O) groups is 1. The summed E-state index contributed by atoms with van der Waals surface area (Å²) in [6.07, 6.45) is 4.11. The van der Waals surface area contributed by atoms with Gasteiger partial charge in [0.25, 0.3) is 11.6 Å². The van der Waals surface area contributed by atoms with Crippen LogP contribution in [0.25, 0.3) is 11.1 Å². The zero-order chi connectivity index (χ0) is 19.0. The molecule has 4 rings (SSSR count). The van der Waals surface area contributed by atoms with Gasteiger partial charge in [-0.2, -0.15) is 0 Å². The number of nitrogens with zero attached hydrogens (tertiary/aromatic N) is 4. The van der Waals surface area contributed by atoms with Crippen LogP contribution in [0.5, 0.6) is 0 Å². The summed E-state index contributed by atoms with van der Waals surface area (Å²) in [5.41, 5.74) is 3.03. The van der Waals surface area contributed by atoms with Crippen LogP contribution in [-0.2, 0) is 0 Å². The van der Waals surface area contributed by atoms with Crippen molar-refractivity contribution in [2.75, 3.05) is 23.3 Å². The van der Waals surface area contributed by atoms with Crippen LogP contribution in [-0.4, -0.2) is 34.1 Å². The first-order chi connectivity index (χ1) is 13.0. The number of hydrogen-bond donors (Lipinski definition) is 1. The van der Waals surface area contributed by atoms with E-state index in [2.05, 4.69) is 25.3 Å². The van der Waals surface area contributed by atoms with Gasteiger partial charge in [0.2, 0.25) is 0 Å². The molecule has 7 nitrogen and oxygen atoms in total. The molecule has 0 saturated carbocycles. The van der Waals surface area contributed by atoms with E-state index >= 15 is 0 Å². The molecule has 3 aromatic heterocycles. The summed E-state index contributed by atoms with van der Waals surface area (Å²) in [7, 11) is 0. The van der Waals surface area contributed by atoms with E-state index in [1.54, 1.807) is 6.20 Å². The third-order valence-corrected chi connectivity index (χ3v) is 4.91. The molecule has 1 aliphatic rings. The Morgan fingerprint density at radius 2 is 2.04 bits per heavy atom. The lowest BCUT2D eigenvalue weighted by Crippen LogP contribution is -2.19. The molecule has 1 N–H and O–H groups in total. The predicted molar refractivity (Wildman–Crippen MR) is 104 cm³/mol. The molecular weight excluding hydrogens is 342 g/mol. The molecule has 1 fully saturated rings. The van der Waals surface area contributed by atoms with Gasteiger partial charge in [0.1, 0.15) is 5.82 Å². The lowest BCUT2D eigenvalue weighted by Gasteiger charge is -2.16. The van der Waals surface area contributed by atoms with Gasteiger partial charge in [0.05, 0.1) is 28.5 Å². The zero-order valence-electron chi connectivity index (χ0n) is 15.8. The van der Waals surface area contributed by atoms with Crippen molar-refractivity contribution in [3.63, 3.8) is 0 Å². The highest BCUT2D eigenvalue weighted by Crippen LogP contribution is 2.26. The Hall–Kier alpha value is -2.96. The van der Waals surface area contributed by atoms with Gasteiger partial charge in [-0.3, -0.25) is 4.79 Å². The molecule has 0 aliphatic carbocycles. The summed E-state index contributed by atoms with van der Waals surface area (Å²) in [5.74, 6) is 0.910. The number of rotatable bonds is 4. The molecule has 0 spiro atoms. The third kappa shape index (κ3) is 3.37. The molecule has 4 heterocycles. The Bertz CT molecular complexity index is 972. The molecule has 0 bridgehead atoms. The predicted octanol–water partition coefficient (Wildman–Crippen LogP) is 3.90. The lowest BCUT2D eigenvalue weighted by atomic mass is 10.0. The molecular formula is C20H23N5O2. The normalized spacial score (nSPS) is 14.3. The summed E-state index contributed by atoms with van der Waals surface area (Å²) in [6, 6.07) is 5.66. The van der Waals surface area contributed by atoms with E-state index in [0.717, 1.165) is 24.6 Å². The van der Waals surface area contributed by atoms with Gasteiger partial charge < -0.3 is 14.7 Å². The van der Waals surface area contributed by atoms with Crippen LogP contribution in [0.2, 0.25) is 0 Å². The number of anilines is 2. The number of aromatic nitrogens is 3. The second-order valence-electron chi connectivity index (χ2n) is 7.25. The first-order valence-corrected chi connectivity index (χ1v) is 9.32. The number of carbonyl (C=O) groups excluding carboxylic acids is 1. The fraction of sp³-hybridized carbons (Fsp3) is 0.400. The molecule has 1 amide bonds. The molecule has 1 saturated heterocycles. The summed E-state index contributed by atoms with van der Waals surface area (Å²) in [4.78, 5) is 24.2. The van der Waals surface area contributed by atoms with Crippen molar-refractivity contribution in [2.45, 2.75) is 39.5 Å². The van der Waals surface area contributed by atoms with E-state index in [-0.39, 0.29) is 11.8 Å². The first-order valence-electron chi connectivity index (χ1n) is 9.32. The minimum Gasteiger partial charge on any atom is -0.357 e. The van der Waals surface area contributed by atoms with Gasteiger partial charge in [-0.05, 0) is 43.9 Å². The average Bonchev–Trinajstić information content (AvgIpc) is 3.32. The minimum atomic E-state index is -0.216. The van der Waals surface area contributed by atoms with Crippen molar-refractivity contribution in [3.05, 3.63) is 41.3 Å². The van der Waals surface area contributed by atoms with Crippen molar-refractivity contribution in [2.24, 2.45) is 0 Å². The lowest BCUT2D eigenvalue weighted by molar-refractivity contribution is 0.102. The van der Waals surface area contributed by atoms with Crippen molar-refractivity contribution < 1.29 is 9.32 Å². The zero-order valence-corrected chi connectivity index (χ0v) is 15.8. The second kappa shape index (κ2) is 6.98. The standard InChI is InChI=1S/C20H23N5O2/c1-12(2)16-10-15(18-13(3)24-27-20(18)23-16)19(26)22-14-6-7-17(21-11-14)25-8-4-5-9-25/h6-7,10-12H,4-5,8-9H2,1-3H3,(H,22,26). The highest BCUT2D eigenvalue weighted by atomic mass is 16.5. The molecule has 0 radical (unpaired) electrons. The van der Waals surface area contributed by atoms with Crippen LogP contribution in [0.15, 0.2) is 28.9 Å². The summed E-state index contributed by atoms with van der Waals surface area (Å²) < 4.78 is 5.29.